The summed E-state index contributed by atoms with van der Waals surface area (Å²) < 4.78 is 29.0. The van der Waals surface area contributed by atoms with Crippen molar-refractivity contribution < 1.29 is 22.2 Å². The molecule has 2 aromatic carbocycles. The quantitative estimate of drug-likeness (QED) is 0.375. The van der Waals surface area contributed by atoms with Gasteiger partial charge in [0.15, 0.2) is 0 Å². The van der Waals surface area contributed by atoms with Crippen LogP contribution in [0.25, 0.3) is 0 Å². The highest BCUT2D eigenvalue weighted by molar-refractivity contribution is 7.86. The van der Waals surface area contributed by atoms with Gasteiger partial charge in [-0.15, -0.1) is 0 Å². The van der Waals surface area contributed by atoms with Crippen LogP contribution in [0.1, 0.15) is 46.4 Å². The van der Waals surface area contributed by atoms with Gasteiger partial charge < -0.3 is 0 Å². The predicted octanol–water partition coefficient (Wildman–Crippen LogP) is 3.25. The fraction of sp³-hybridized carbons (Fsp3) is 0.300. The predicted molar refractivity (Wildman–Crippen MR) is 99.9 cm³/mol. The lowest BCUT2D eigenvalue weighted by Crippen LogP contribution is -2.30. The van der Waals surface area contributed by atoms with Crippen LogP contribution in [0.5, 0.6) is 0 Å². The van der Waals surface area contributed by atoms with E-state index >= 15 is 0 Å². The highest BCUT2D eigenvalue weighted by Crippen LogP contribution is 2.22. The average molecular weight is 387 g/mol. The van der Waals surface area contributed by atoms with E-state index in [1.165, 1.54) is 17.0 Å². The molecule has 0 fully saturated rings. The molecule has 0 radical (unpaired) electrons. The van der Waals surface area contributed by atoms with Crippen molar-refractivity contribution in [2.24, 2.45) is 0 Å². The van der Waals surface area contributed by atoms with Gasteiger partial charge in [-0.2, -0.15) is 8.42 Å². The summed E-state index contributed by atoms with van der Waals surface area (Å²) in [6.45, 7) is 0.486. The Kier molecular flexibility index (Phi) is 6.03. The van der Waals surface area contributed by atoms with E-state index in [0.717, 1.165) is 12.8 Å². The number of hydrogen-bond acceptors (Lipinski definition) is 5. The standard InChI is InChI=1S/C20H21NO5S/c22-19-17-12-6-7-13-18(17)20(23)21(19)14-8-1-2-9-15-26-27(24,25)16-10-4-3-5-11-16/h3-7,10-13H,1-2,8-9,14-15H2. The number of amides is 2. The lowest BCUT2D eigenvalue weighted by Gasteiger charge is -2.13. The number of rotatable bonds is 9. The Morgan fingerprint density at radius 2 is 1.30 bits per heavy atom. The largest absolute Gasteiger partial charge is 0.296 e. The van der Waals surface area contributed by atoms with Crippen LogP contribution in [0, 0.1) is 0 Å². The van der Waals surface area contributed by atoms with Crippen molar-refractivity contribution in [3.8, 4) is 0 Å². The van der Waals surface area contributed by atoms with Crippen LogP contribution in [0.2, 0.25) is 0 Å². The number of carbonyl (C=O) groups is 2. The van der Waals surface area contributed by atoms with Crippen LogP contribution in [0.4, 0.5) is 0 Å². The Labute approximate surface area is 158 Å². The summed E-state index contributed by atoms with van der Waals surface area (Å²) >= 11 is 0. The first-order chi connectivity index (χ1) is 13.0. The number of carbonyl (C=O) groups excluding carboxylic acids is 2. The SMILES string of the molecule is O=C1c2ccccc2C(=O)N1CCCCCCOS(=O)(=O)c1ccccc1. The van der Waals surface area contributed by atoms with Gasteiger partial charge in [0.05, 0.1) is 22.6 Å². The van der Waals surface area contributed by atoms with Gasteiger partial charge in [-0.25, -0.2) is 0 Å². The summed E-state index contributed by atoms with van der Waals surface area (Å²) in [6.07, 6.45) is 2.81. The monoisotopic (exact) mass is 387 g/mol. The second kappa shape index (κ2) is 8.45. The van der Waals surface area contributed by atoms with Crippen LogP contribution < -0.4 is 0 Å². The van der Waals surface area contributed by atoms with Crippen LogP contribution in [-0.2, 0) is 14.3 Å². The fourth-order valence-electron chi connectivity index (χ4n) is 2.99. The first-order valence-corrected chi connectivity index (χ1v) is 10.3. The molecule has 0 N–H and O–H groups in total. The van der Waals surface area contributed by atoms with Gasteiger partial charge in [-0.3, -0.25) is 18.7 Å². The number of fused-ring (bicyclic) bond motifs is 1. The van der Waals surface area contributed by atoms with E-state index < -0.39 is 10.1 Å². The number of hydrogen-bond donors (Lipinski definition) is 0. The lowest BCUT2D eigenvalue weighted by atomic mass is 10.1. The molecule has 3 rings (SSSR count). The van der Waals surface area contributed by atoms with E-state index in [-0.39, 0.29) is 23.3 Å². The molecular weight excluding hydrogens is 366 g/mol. The Morgan fingerprint density at radius 1 is 0.741 bits per heavy atom. The maximum Gasteiger partial charge on any atom is 0.296 e. The molecule has 2 aromatic rings. The molecule has 142 valence electrons. The van der Waals surface area contributed by atoms with Gasteiger partial charge >= 0.3 is 0 Å². The molecule has 1 heterocycles. The molecule has 6 nitrogen and oxygen atoms in total. The van der Waals surface area contributed by atoms with Gasteiger partial charge in [0.2, 0.25) is 0 Å². The van der Waals surface area contributed by atoms with E-state index in [4.69, 9.17) is 4.18 Å². The van der Waals surface area contributed by atoms with Crippen LogP contribution in [0.3, 0.4) is 0 Å². The number of benzene rings is 2. The zero-order valence-corrected chi connectivity index (χ0v) is 15.7. The van der Waals surface area contributed by atoms with Crippen molar-refractivity contribution in [3.05, 3.63) is 65.7 Å². The molecule has 0 aromatic heterocycles. The minimum atomic E-state index is -3.71. The highest BCUT2D eigenvalue weighted by Gasteiger charge is 2.34. The van der Waals surface area contributed by atoms with Gasteiger partial charge in [0.25, 0.3) is 21.9 Å². The van der Waals surface area contributed by atoms with E-state index in [1.54, 1.807) is 42.5 Å². The average Bonchev–Trinajstić information content (AvgIpc) is 2.93. The van der Waals surface area contributed by atoms with Crippen LogP contribution in [0.15, 0.2) is 59.5 Å². The zero-order chi connectivity index (χ0) is 19.3. The zero-order valence-electron chi connectivity index (χ0n) is 14.8. The minimum Gasteiger partial charge on any atom is -0.274 e. The summed E-state index contributed by atoms with van der Waals surface area (Å²) in [5.74, 6) is -0.485. The summed E-state index contributed by atoms with van der Waals surface area (Å²) in [4.78, 5) is 25.9. The number of nitrogens with zero attached hydrogens (tertiary/aromatic N) is 1. The van der Waals surface area contributed by atoms with Crippen molar-refractivity contribution in [2.45, 2.75) is 30.6 Å². The molecule has 0 saturated heterocycles. The van der Waals surface area contributed by atoms with Gasteiger partial charge in [0.1, 0.15) is 0 Å². The molecule has 1 aliphatic heterocycles. The molecule has 0 unspecified atom stereocenters. The van der Waals surface area contributed by atoms with Crippen molar-refractivity contribution in [3.63, 3.8) is 0 Å². The Hall–Kier alpha value is -2.51. The van der Waals surface area contributed by atoms with Crippen molar-refractivity contribution >= 4 is 21.9 Å². The summed E-state index contributed by atoms with van der Waals surface area (Å²) in [7, 11) is -3.71. The highest BCUT2D eigenvalue weighted by atomic mass is 32.2. The maximum absolute atomic E-state index is 12.2. The summed E-state index contributed by atoms with van der Waals surface area (Å²) in [5, 5.41) is 0. The van der Waals surface area contributed by atoms with Gasteiger partial charge in [-0.1, -0.05) is 43.2 Å². The van der Waals surface area contributed by atoms with Crippen molar-refractivity contribution in [1.82, 2.24) is 4.90 Å². The second-order valence-corrected chi connectivity index (χ2v) is 7.93. The van der Waals surface area contributed by atoms with Crippen molar-refractivity contribution in [1.29, 1.82) is 0 Å². The molecule has 27 heavy (non-hydrogen) atoms. The maximum atomic E-state index is 12.2. The molecular formula is C20H21NO5S. The minimum absolute atomic E-state index is 0.115. The molecule has 1 aliphatic rings. The molecule has 7 heteroatoms. The van der Waals surface area contributed by atoms with E-state index in [0.29, 0.717) is 30.5 Å². The Balaban J connectivity index is 1.36. The third kappa shape index (κ3) is 4.43. The topological polar surface area (TPSA) is 80.8 Å². The summed E-state index contributed by atoms with van der Waals surface area (Å²) in [6, 6.07) is 14.9. The normalized spacial score (nSPS) is 13.9. The fourth-order valence-corrected chi connectivity index (χ4v) is 3.96. The smallest absolute Gasteiger partial charge is 0.274 e. The first kappa shape index (κ1) is 19.3. The molecule has 0 aliphatic carbocycles. The van der Waals surface area contributed by atoms with Gasteiger partial charge in [-0.05, 0) is 37.1 Å². The summed E-state index contributed by atoms with van der Waals surface area (Å²) in [5.41, 5.74) is 0.920. The van der Waals surface area contributed by atoms with E-state index in [1.807, 2.05) is 0 Å². The lowest BCUT2D eigenvalue weighted by molar-refractivity contribution is 0.0651. The molecule has 0 atom stereocenters. The van der Waals surface area contributed by atoms with E-state index in [2.05, 4.69) is 0 Å². The van der Waals surface area contributed by atoms with Gasteiger partial charge in [0, 0.05) is 6.54 Å². The first-order valence-electron chi connectivity index (χ1n) is 8.90. The van der Waals surface area contributed by atoms with E-state index in [9.17, 15) is 18.0 Å². The van der Waals surface area contributed by atoms with Crippen LogP contribution >= 0.6 is 0 Å². The third-order valence-electron chi connectivity index (χ3n) is 4.42. The number of unbranched alkanes of at least 4 members (excludes halogenated alkanes) is 3. The van der Waals surface area contributed by atoms with Crippen molar-refractivity contribution in [2.75, 3.05) is 13.2 Å². The Bertz CT molecular complexity index is 889. The molecule has 0 spiro atoms. The van der Waals surface area contributed by atoms with Crippen LogP contribution in [-0.4, -0.2) is 38.3 Å². The molecule has 0 bridgehead atoms. The molecule has 0 saturated carbocycles. The second-order valence-electron chi connectivity index (χ2n) is 6.31. The number of imide groups is 1. The third-order valence-corrected chi connectivity index (χ3v) is 5.75. The Morgan fingerprint density at radius 3 is 1.93 bits per heavy atom. The molecule has 2 amide bonds.